The van der Waals surface area contributed by atoms with Crippen LogP contribution >= 0.6 is 11.8 Å². The van der Waals surface area contributed by atoms with Crippen LogP contribution in [0.4, 0.5) is 4.79 Å². The molecule has 0 bridgehead atoms. The fraction of sp³-hybridized carbons (Fsp3) is 0.348. The van der Waals surface area contributed by atoms with E-state index in [0.29, 0.717) is 18.1 Å². The van der Waals surface area contributed by atoms with Gasteiger partial charge in [0.1, 0.15) is 18.7 Å². The van der Waals surface area contributed by atoms with Crippen molar-refractivity contribution in [3.05, 3.63) is 59.7 Å². The summed E-state index contributed by atoms with van der Waals surface area (Å²) < 4.78 is 5.52. The number of benzene rings is 2. The van der Waals surface area contributed by atoms with E-state index >= 15 is 0 Å². The quantitative estimate of drug-likeness (QED) is 0.716. The molecule has 1 aliphatic carbocycles. The highest BCUT2D eigenvalue weighted by molar-refractivity contribution is 7.99. The van der Waals surface area contributed by atoms with Gasteiger partial charge in [0.15, 0.2) is 0 Å². The zero-order chi connectivity index (χ0) is 22.0. The van der Waals surface area contributed by atoms with Crippen LogP contribution in [-0.2, 0) is 14.3 Å². The summed E-state index contributed by atoms with van der Waals surface area (Å²) in [5, 5.41) is 11.9. The number of carbonyl (C=O) groups is 3. The molecule has 8 heteroatoms. The maximum Gasteiger partial charge on any atom is 0.407 e. The highest BCUT2D eigenvalue weighted by Crippen LogP contribution is 2.44. The van der Waals surface area contributed by atoms with Crippen LogP contribution in [0.1, 0.15) is 30.4 Å². The zero-order valence-electron chi connectivity index (χ0n) is 17.1. The molecule has 7 nitrogen and oxygen atoms in total. The van der Waals surface area contributed by atoms with E-state index in [1.54, 1.807) is 6.92 Å². The summed E-state index contributed by atoms with van der Waals surface area (Å²) in [7, 11) is 0. The lowest BCUT2D eigenvalue weighted by molar-refractivity contribution is -0.148. The van der Waals surface area contributed by atoms with Gasteiger partial charge in [-0.2, -0.15) is 0 Å². The number of fused-ring (bicyclic) bond motifs is 3. The topological polar surface area (TPSA) is 95.9 Å². The summed E-state index contributed by atoms with van der Waals surface area (Å²) in [5.41, 5.74) is 4.50. The molecule has 4 rings (SSSR count). The molecule has 2 unspecified atom stereocenters. The normalized spacial score (nSPS) is 18.2. The number of hydrogen-bond acceptors (Lipinski definition) is 5. The molecule has 1 saturated heterocycles. The number of ether oxygens (including phenoxy) is 1. The maximum atomic E-state index is 12.8. The van der Waals surface area contributed by atoms with Crippen LogP contribution in [0.5, 0.6) is 0 Å². The van der Waals surface area contributed by atoms with Gasteiger partial charge in [-0.3, -0.25) is 4.79 Å². The number of hydrogen-bond donors (Lipinski definition) is 2. The SMILES string of the molecule is CCC(NC(=O)OCC1c2ccccc2-c2ccccc21)C(=O)N1CSCC1C(=O)O. The van der Waals surface area contributed by atoms with Crippen LogP contribution in [0.25, 0.3) is 11.1 Å². The van der Waals surface area contributed by atoms with Gasteiger partial charge in [0.05, 0.1) is 5.88 Å². The van der Waals surface area contributed by atoms with Gasteiger partial charge in [-0.25, -0.2) is 9.59 Å². The lowest BCUT2D eigenvalue weighted by Crippen LogP contribution is -2.52. The largest absolute Gasteiger partial charge is 0.480 e. The minimum atomic E-state index is -1.03. The first-order valence-electron chi connectivity index (χ1n) is 10.2. The Hall–Kier alpha value is -3.00. The van der Waals surface area contributed by atoms with Gasteiger partial charge >= 0.3 is 12.1 Å². The average Bonchev–Trinajstić information content (AvgIpc) is 3.39. The van der Waals surface area contributed by atoms with E-state index in [2.05, 4.69) is 17.4 Å². The molecule has 0 radical (unpaired) electrons. The van der Waals surface area contributed by atoms with Crippen molar-refractivity contribution in [2.24, 2.45) is 0 Å². The Morgan fingerprint density at radius 1 is 1.13 bits per heavy atom. The molecule has 2 N–H and O–H groups in total. The van der Waals surface area contributed by atoms with Gasteiger partial charge in [-0.15, -0.1) is 11.8 Å². The summed E-state index contributed by atoms with van der Waals surface area (Å²) in [5.74, 6) is -0.843. The van der Waals surface area contributed by atoms with E-state index in [-0.39, 0.29) is 12.5 Å². The van der Waals surface area contributed by atoms with Crippen LogP contribution in [0, 0.1) is 0 Å². The third-order valence-electron chi connectivity index (χ3n) is 5.79. The number of alkyl carbamates (subject to hydrolysis) is 1. The van der Waals surface area contributed by atoms with E-state index in [1.807, 2.05) is 36.4 Å². The molecule has 2 aliphatic rings. The summed E-state index contributed by atoms with van der Waals surface area (Å²) >= 11 is 1.39. The van der Waals surface area contributed by atoms with Crippen molar-refractivity contribution in [3.63, 3.8) is 0 Å². The van der Waals surface area contributed by atoms with E-state index < -0.39 is 30.1 Å². The van der Waals surface area contributed by atoms with Crippen LogP contribution in [0.15, 0.2) is 48.5 Å². The number of carboxylic acid groups (broad SMARTS) is 1. The van der Waals surface area contributed by atoms with Crippen LogP contribution in [0.3, 0.4) is 0 Å². The summed E-state index contributed by atoms with van der Waals surface area (Å²) in [6.45, 7) is 1.92. The van der Waals surface area contributed by atoms with Crippen molar-refractivity contribution in [2.75, 3.05) is 18.2 Å². The van der Waals surface area contributed by atoms with Gasteiger partial charge in [0.2, 0.25) is 5.91 Å². The van der Waals surface area contributed by atoms with Crippen molar-refractivity contribution in [3.8, 4) is 11.1 Å². The number of nitrogens with one attached hydrogen (secondary N) is 1. The first-order chi connectivity index (χ1) is 15.0. The van der Waals surface area contributed by atoms with Gasteiger partial charge in [-0.1, -0.05) is 55.5 Å². The van der Waals surface area contributed by atoms with Crippen molar-refractivity contribution in [1.29, 1.82) is 0 Å². The summed E-state index contributed by atoms with van der Waals surface area (Å²) in [6, 6.07) is 14.4. The van der Waals surface area contributed by atoms with Gasteiger partial charge in [0, 0.05) is 11.7 Å². The minimum absolute atomic E-state index is 0.0692. The third kappa shape index (κ3) is 4.12. The fourth-order valence-corrected chi connectivity index (χ4v) is 5.34. The Labute approximate surface area is 184 Å². The molecule has 31 heavy (non-hydrogen) atoms. The molecular formula is C23H24N2O5S. The molecule has 1 heterocycles. The number of aliphatic carboxylic acids is 1. The predicted molar refractivity (Wildman–Crippen MR) is 118 cm³/mol. The molecule has 1 fully saturated rings. The number of thioether (sulfide) groups is 1. The van der Waals surface area contributed by atoms with Crippen LogP contribution < -0.4 is 5.32 Å². The monoisotopic (exact) mass is 440 g/mol. The van der Waals surface area contributed by atoms with Gasteiger partial charge < -0.3 is 20.1 Å². The predicted octanol–water partition coefficient (Wildman–Crippen LogP) is 3.29. The Balaban J connectivity index is 1.41. The minimum Gasteiger partial charge on any atom is -0.480 e. The molecule has 2 atom stereocenters. The van der Waals surface area contributed by atoms with Crippen molar-refractivity contribution in [1.82, 2.24) is 10.2 Å². The molecule has 0 saturated carbocycles. The lowest BCUT2D eigenvalue weighted by Gasteiger charge is -2.26. The standard InChI is InChI=1S/C23H24N2O5S/c1-2-19(21(26)25-13-31-12-20(25)22(27)28)24-23(29)30-11-18-16-9-5-3-7-14(16)15-8-4-6-10-17(15)18/h3-10,18-20H,2,11-13H2,1H3,(H,24,29)(H,27,28). The number of carboxylic acids is 1. The fourth-order valence-electron chi connectivity index (χ4n) is 4.19. The second-order valence-corrected chi connectivity index (χ2v) is 8.59. The maximum absolute atomic E-state index is 12.8. The highest BCUT2D eigenvalue weighted by atomic mass is 32.2. The number of amides is 2. The summed E-state index contributed by atoms with van der Waals surface area (Å²) in [4.78, 5) is 38.0. The second kappa shape index (κ2) is 9.01. The Morgan fingerprint density at radius 2 is 1.74 bits per heavy atom. The Morgan fingerprint density at radius 3 is 2.32 bits per heavy atom. The van der Waals surface area contributed by atoms with Crippen molar-refractivity contribution in [2.45, 2.75) is 31.3 Å². The molecule has 162 valence electrons. The van der Waals surface area contributed by atoms with Crippen molar-refractivity contribution >= 4 is 29.7 Å². The summed E-state index contributed by atoms with van der Waals surface area (Å²) in [6.07, 6.45) is -0.336. The van der Waals surface area contributed by atoms with E-state index in [1.165, 1.54) is 16.7 Å². The number of rotatable bonds is 6. The van der Waals surface area contributed by atoms with Gasteiger partial charge in [0.25, 0.3) is 0 Å². The number of nitrogens with zero attached hydrogens (tertiary/aromatic N) is 1. The first kappa shape index (κ1) is 21.2. The molecule has 1 aliphatic heterocycles. The lowest BCUT2D eigenvalue weighted by atomic mass is 9.98. The van der Waals surface area contributed by atoms with E-state index in [9.17, 15) is 19.5 Å². The van der Waals surface area contributed by atoms with Crippen molar-refractivity contribution < 1.29 is 24.2 Å². The highest BCUT2D eigenvalue weighted by Gasteiger charge is 2.38. The van der Waals surface area contributed by atoms with Gasteiger partial charge in [-0.05, 0) is 28.7 Å². The third-order valence-corrected chi connectivity index (χ3v) is 6.80. The second-order valence-electron chi connectivity index (χ2n) is 7.59. The molecule has 2 aromatic carbocycles. The zero-order valence-corrected chi connectivity index (χ0v) is 17.9. The smallest absolute Gasteiger partial charge is 0.407 e. The molecule has 0 spiro atoms. The van der Waals surface area contributed by atoms with Crippen LogP contribution in [-0.4, -0.2) is 58.3 Å². The van der Waals surface area contributed by atoms with E-state index in [0.717, 1.165) is 22.3 Å². The molecular weight excluding hydrogens is 416 g/mol. The Bertz CT molecular complexity index is 965. The van der Waals surface area contributed by atoms with Crippen LogP contribution in [0.2, 0.25) is 0 Å². The molecule has 0 aromatic heterocycles. The average molecular weight is 441 g/mol. The molecule has 2 aromatic rings. The molecule has 2 amide bonds. The van der Waals surface area contributed by atoms with E-state index in [4.69, 9.17) is 4.74 Å². The Kier molecular flexibility index (Phi) is 6.18. The first-order valence-corrected chi connectivity index (χ1v) is 11.4. The number of carbonyl (C=O) groups excluding carboxylic acids is 2.